The zero-order valence-corrected chi connectivity index (χ0v) is 13.4. The van der Waals surface area contributed by atoms with E-state index in [9.17, 15) is 22.7 Å². The minimum absolute atomic E-state index is 0.186. The molecule has 1 heterocycles. The van der Waals surface area contributed by atoms with Gasteiger partial charge in [0.15, 0.2) is 18.2 Å². The molecule has 0 atom stereocenters. The van der Waals surface area contributed by atoms with Crippen molar-refractivity contribution in [1.29, 1.82) is 0 Å². The van der Waals surface area contributed by atoms with Gasteiger partial charge in [-0.15, -0.1) is 0 Å². The maximum Gasteiger partial charge on any atom is 0.343 e. The summed E-state index contributed by atoms with van der Waals surface area (Å²) in [6.07, 6.45) is 0.191. The summed E-state index contributed by atoms with van der Waals surface area (Å²) in [5, 5.41) is 9.43. The van der Waals surface area contributed by atoms with Crippen molar-refractivity contribution in [3.05, 3.63) is 24.0 Å². The van der Waals surface area contributed by atoms with E-state index in [1.807, 2.05) is 0 Å². The van der Waals surface area contributed by atoms with E-state index in [2.05, 4.69) is 4.74 Å². The topological polar surface area (TPSA) is 93.1 Å². The van der Waals surface area contributed by atoms with Crippen LogP contribution in [-0.2, 0) is 19.6 Å². The van der Waals surface area contributed by atoms with E-state index in [-0.39, 0.29) is 23.7 Å². The van der Waals surface area contributed by atoms with Crippen LogP contribution < -0.4 is 4.74 Å². The number of ether oxygens (including phenoxy) is 2. The third-order valence-electron chi connectivity index (χ3n) is 3.54. The van der Waals surface area contributed by atoms with Crippen LogP contribution in [0, 0.1) is 5.82 Å². The van der Waals surface area contributed by atoms with Crippen LogP contribution in [0.5, 0.6) is 5.75 Å². The number of carbonyl (C=O) groups excluding carboxylic acids is 1. The summed E-state index contributed by atoms with van der Waals surface area (Å²) in [6.45, 7) is -0.0963. The molecule has 128 valence electrons. The Morgan fingerprint density at radius 2 is 2.04 bits per heavy atom. The number of benzene rings is 1. The van der Waals surface area contributed by atoms with Gasteiger partial charge in [-0.2, -0.15) is 4.31 Å². The molecule has 0 amide bonds. The van der Waals surface area contributed by atoms with E-state index in [1.54, 1.807) is 0 Å². The summed E-state index contributed by atoms with van der Waals surface area (Å²) < 4.78 is 49.3. The van der Waals surface area contributed by atoms with Crippen molar-refractivity contribution in [1.82, 2.24) is 4.31 Å². The Bertz CT molecular complexity index is 670. The molecular formula is C14H18FNO6S. The fraction of sp³-hybridized carbons (Fsp3) is 0.500. The van der Waals surface area contributed by atoms with Gasteiger partial charge < -0.3 is 14.6 Å². The SMILES string of the molecule is COC(=O)COc1ccc(S(=O)(=O)N2CCC(O)CC2)cc1F. The third kappa shape index (κ3) is 4.18. The van der Waals surface area contributed by atoms with Crippen LogP contribution in [0.3, 0.4) is 0 Å². The van der Waals surface area contributed by atoms with Crippen molar-refractivity contribution in [2.24, 2.45) is 0 Å². The molecule has 1 aliphatic heterocycles. The number of sulfonamides is 1. The summed E-state index contributed by atoms with van der Waals surface area (Å²) in [5.41, 5.74) is 0. The van der Waals surface area contributed by atoms with E-state index in [0.717, 1.165) is 12.1 Å². The summed E-state index contributed by atoms with van der Waals surface area (Å²) >= 11 is 0. The van der Waals surface area contributed by atoms with Crippen LogP contribution in [0.15, 0.2) is 23.1 Å². The second-order valence-electron chi connectivity index (χ2n) is 5.09. The first-order chi connectivity index (χ1) is 10.8. The van der Waals surface area contributed by atoms with Gasteiger partial charge in [0.05, 0.1) is 18.1 Å². The number of hydrogen-bond donors (Lipinski definition) is 1. The van der Waals surface area contributed by atoms with Gasteiger partial charge in [-0.3, -0.25) is 0 Å². The van der Waals surface area contributed by atoms with Crippen molar-refractivity contribution >= 4 is 16.0 Å². The molecule has 0 unspecified atom stereocenters. The lowest BCUT2D eigenvalue weighted by Gasteiger charge is -2.28. The number of methoxy groups -OCH3 is 1. The average Bonchev–Trinajstić information content (AvgIpc) is 2.53. The quantitative estimate of drug-likeness (QED) is 0.781. The maximum atomic E-state index is 14.0. The first-order valence-electron chi connectivity index (χ1n) is 7.02. The highest BCUT2D eigenvalue weighted by atomic mass is 32.2. The van der Waals surface area contributed by atoms with E-state index in [4.69, 9.17) is 4.74 Å². The average molecular weight is 347 g/mol. The highest BCUT2D eigenvalue weighted by Crippen LogP contribution is 2.25. The number of aliphatic hydroxyl groups excluding tert-OH is 1. The summed E-state index contributed by atoms with van der Waals surface area (Å²) in [7, 11) is -2.65. The van der Waals surface area contributed by atoms with Gasteiger partial charge in [-0.1, -0.05) is 0 Å². The summed E-state index contributed by atoms with van der Waals surface area (Å²) in [4.78, 5) is 10.8. The number of rotatable bonds is 5. The molecule has 0 bridgehead atoms. The molecule has 1 saturated heterocycles. The molecule has 23 heavy (non-hydrogen) atoms. The number of nitrogens with zero attached hydrogens (tertiary/aromatic N) is 1. The molecule has 1 aliphatic rings. The number of halogens is 1. The highest BCUT2D eigenvalue weighted by Gasteiger charge is 2.29. The largest absolute Gasteiger partial charge is 0.479 e. The number of esters is 1. The second kappa shape index (κ2) is 7.24. The molecule has 1 aromatic rings. The van der Waals surface area contributed by atoms with E-state index in [0.29, 0.717) is 12.8 Å². The van der Waals surface area contributed by atoms with Crippen LogP contribution in [0.1, 0.15) is 12.8 Å². The lowest BCUT2D eigenvalue weighted by Crippen LogP contribution is -2.40. The standard InChI is InChI=1S/C14H18FNO6S/c1-21-14(18)9-22-13-3-2-11(8-12(13)15)23(19,20)16-6-4-10(17)5-7-16/h2-3,8,10,17H,4-7,9H2,1H3. The lowest BCUT2D eigenvalue weighted by atomic mass is 10.1. The minimum atomic E-state index is -3.83. The van der Waals surface area contributed by atoms with Gasteiger partial charge >= 0.3 is 5.97 Å². The third-order valence-corrected chi connectivity index (χ3v) is 5.43. The molecule has 2 rings (SSSR count). The number of hydrogen-bond acceptors (Lipinski definition) is 6. The van der Waals surface area contributed by atoms with E-state index >= 15 is 0 Å². The van der Waals surface area contributed by atoms with Crippen LogP contribution in [0.4, 0.5) is 4.39 Å². The summed E-state index contributed by atoms with van der Waals surface area (Å²) in [5.74, 6) is -1.79. The maximum absolute atomic E-state index is 14.0. The Balaban J connectivity index is 2.14. The van der Waals surface area contributed by atoms with Crippen LogP contribution in [0.2, 0.25) is 0 Å². The second-order valence-corrected chi connectivity index (χ2v) is 7.03. The Labute approximate surface area is 133 Å². The zero-order chi connectivity index (χ0) is 17.0. The molecule has 0 saturated carbocycles. The zero-order valence-electron chi connectivity index (χ0n) is 12.6. The highest BCUT2D eigenvalue weighted by molar-refractivity contribution is 7.89. The Morgan fingerprint density at radius 3 is 2.61 bits per heavy atom. The predicted octanol–water partition coefficient (Wildman–Crippen LogP) is 0.523. The van der Waals surface area contributed by atoms with Gasteiger partial charge in [0, 0.05) is 13.1 Å². The molecule has 0 aliphatic carbocycles. The van der Waals surface area contributed by atoms with Crippen molar-refractivity contribution in [2.45, 2.75) is 23.8 Å². The molecule has 1 aromatic carbocycles. The van der Waals surface area contributed by atoms with Crippen LogP contribution in [0.25, 0.3) is 0 Å². The summed E-state index contributed by atoms with van der Waals surface area (Å²) in [6, 6.07) is 3.23. The fourth-order valence-electron chi connectivity index (χ4n) is 2.19. The first kappa shape index (κ1) is 17.6. The minimum Gasteiger partial charge on any atom is -0.479 e. The van der Waals surface area contributed by atoms with Crippen molar-refractivity contribution in [3.8, 4) is 5.75 Å². The molecule has 7 nitrogen and oxygen atoms in total. The van der Waals surface area contributed by atoms with Crippen molar-refractivity contribution < 1.29 is 32.2 Å². The smallest absolute Gasteiger partial charge is 0.343 e. The van der Waals surface area contributed by atoms with Gasteiger partial charge in [-0.05, 0) is 31.0 Å². The Kier molecular flexibility index (Phi) is 5.55. The molecule has 9 heteroatoms. The molecule has 1 N–H and O–H groups in total. The number of aliphatic hydroxyl groups is 1. The Morgan fingerprint density at radius 1 is 1.39 bits per heavy atom. The van der Waals surface area contributed by atoms with Crippen LogP contribution in [-0.4, -0.2) is 56.7 Å². The van der Waals surface area contributed by atoms with Gasteiger partial charge in [-0.25, -0.2) is 17.6 Å². The number of carbonyl (C=O) groups is 1. The molecule has 0 radical (unpaired) electrons. The molecule has 0 aromatic heterocycles. The monoisotopic (exact) mass is 347 g/mol. The van der Waals surface area contributed by atoms with Gasteiger partial charge in [0.2, 0.25) is 10.0 Å². The fourth-order valence-corrected chi connectivity index (χ4v) is 3.67. The van der Waals surface area contributed by atoms with Crippen LogP contribution >= 0.6 is 0 Å². The lowest BCUT2D eigenvalue weighted by molar-refractivity contribution is -0.142. The molecular weight excluding hydrogens is 329 g/mol. The molecule has 1 fully saturated rings. The molecule has 0 spiro atoms. The van der Waals surface area contributed by atoms with Crippen molar-refractivity contribution in [2.75, 3.05) is 26.8 Å². The first-order valence-corrected chi connectivity index (χ1v) is 8.46. The van der Waals surface area contributed by atoms with Crippen molar-refractivity contribution in [3.63, 3.8) is 0 Å². The normalized spacial score (nSPS) is 17.0. The van der Waals surface area contributed by atoms with E-state index < -0.39 is 34.5 Å². The van der Waals surface area contributed by atoms with Gasteiger partial charge in [0.1, 0.15) is 0 Å². The van der Waals surface area contributed by atoms with E-state index in [1.165, 1.54) is 17.5 Å². The predicted molar refractivity (Wildman–Crippen MR) is 77.9 cm³/mol. The Hall–Kier alpha value is -1.71. The number of piperidine rings is 1. The van der Waals surface area contributed by atoms with Gasteiger partial charge in [0.25, 0.3) is 0 Å².